The van der Waals surface area contributed by atoms with E-state index in [-0.39, 0.29) is 0 Å². The molecule has 5 nitrogen and oxygen atoms in total. The Kier molecular flexibility index (Phi) is 3.39. The predicted molar refractivity (Wildman–Crippen MR) is 79.1 cm³/mol. The monoisotopic (exact) mass is 279 g/mol. The van der Waals surface area contributed by atoms with Gasteiger partial charge in [0.1, 0.15) is 11.5 Å². The Bertz CT molecular complexity index is 749. The van der Waals surface area contributed by atoms with Gasteiger partial charge in [-0.1, -0.05) is 12.1 Å². The third-order valence-corrected chi connectivity index (χ3v) is 3.05. The number of hydrogen-bond donors (Lipinski definition) is 2. The standard InChI is InChI=1S/C16H13N3O2/c17-16(20)13-3-1-2-4-15(13)21-12-7-5-11(6-8-12)14-9-10-18-19-14/h1-10H,(H2,17,20)(H,18,19). The van der Waals surface area contributed by atoms with Gasteiger partial charge in [0.2, 0.25) is 0 Å². The molecule has 3 rings (SSSR count). The number of carbonyl (C=O) groups is 1. The fourth-order valence-corrected chi connectivity index (χ4v) is 2.01. The molecule has 2 aromatic carbocycles. The van der Waals surface area contributed by atoms with Crippen molar-refractivity contribution in [1.29, 1.82) is 0 Å². The van der Waals surface area contributed by atoms with Crippen LogP contribution in [0.1, 0.15) is 10.4 Å². The molecular weight excluding hydrogens is 266 g/mol. The maximum absolute atomic E-state index is 11.4. The summed E-state index contributed by atoms with van der Waals surface area (Å²) in [6.07, 6.45) is 1.70. The number of primary amides is 1. The second-order valence-electron chi connectivity index (χ2n) is 4.46. The highest BCUT2D eigenvalue weighted by Crippen LogP contribution is 2.27. The second-order valence-corrected chi connectivity index (χ2v) is 4.46. The second kappa shape index (κ2) is 5.50. The molecule has 1 aromatic heterocycles. The smallest absolute Gasteiger partial charge is 0.252 e. The zero-order valence-electron chi connectivity index (χ0n) is 11.1. The van der Waals surface area contributed by atoms with Gasteiger partial charge in [-0.05, 0) is 48.0 Å². The van der Waals surface area contributed by atoms with E-state index >= 15 is 0 Å². The molecule has 0 bridgehead atoms. The zero-order valence-corrected chi connectivity index (χ0v) is 11.1. The molecule has 0 saturated carbocycles. The van der Waals surface area contributed by atoms with Gasteiger partial charge in [0, 0.05) is 6.20 Å². The highest BCUT2D eigenvalue weighted by atomic mass is 16.5. The Morgan fingerprint density at radius 1 is 1.05 bits per heavy atom. The summed E-state index contributed by atoms with van der Waals surface area (Å²) in [5.74, 6) is 0.561. The first-order valence-electron chi connectivity index (χ1n) is 6.40. The number of nitrogens with one attached hydrogen (secondary N) is 1. The molecule has 5 heteroatoms. The van der Waals surface area contributed by atoms with Crippen LogP contribution in [0, 0.1) is 0 Å². The van der Waals surface area contributed by atoms with Crippen LogP contribution in [0.5, 0.6) is 11.5 Å². The lowest BCUT2D eigenvalue weighted by Crippen LogP contribution is -2.11. The molecule has 3 N–H and O–H groups in total. The van der Waals surface area contributed by atoms with Crippen LogP contribution in [-0.2, 0) is 0 Å². The number of hydrogen-bond acceptors (Lipinski definition) is 3. The number of ether oxygens (including phenoxy) is 1. The summed E-state index contributed by atoms with van der Waals surface area (Å²) in [5, 5.41) is 6.81. The summed E-state index contributed by atoms with van der Waals surface area (Å²) in [4.78, 5) is 11.4. The molecule has 0 unspecified atom stereocenters. The molecule has 0 spiro atoms. The summed E-state index contributed by atoms with van der Waals surface area (Å²) < 4.78 is 5.72. The summed E-state index contributed by atoms with van der Waals surface area (Å²) in [6, 6.07) is 16.3. The topological polar surface area (TPSA) is 81.0 Å². The number of nitrogens with zero attached hydrogens (tertiary/aromatic N) is 1. The van der Waals surface area contributed by atoms with Crippen LogP contribution in [0.2, 0.25) is 0 Å². The van der Waals surface area contributed by atoms with Gasteiger partial charge in [-0.15, -0.1) is 0 Å². The number of benzene rings is 2. The first-order valence-corrected chi connectivity index (χ1v) is 6.40. The van der Waals surface area contributed by atoms with Gasteiger partial charge in [0.25, 0.3) is 5.91 Å². The van der Waals surface area contributed by atoms with Crippen molar-refractivity contribution >= 4 is 5.91 Å². The molecule has 3 aromatic rings. The number of H-pyrrole nitrogens is 1. The Morgan fingerprint density at radius 3 is 2.48 bits per heavy atom. The molecule has 0 aliphatic carbocycles. The van der Waals surface area contributed by atoms with Crippen molar-refractivity contribution in [3.05, 3.63) is 66.4 Å². The van der Waals surface area contributed by atoms with Gasteiger partial charge < -0.3 is 10.5 Å². The molecule has 0 saturated heterocycles. The zero-order chi connectivity index (χ0) is 14.7. The fourth-order valence-electron chi connectivity index (χ4n) is 2.01. The molecule has 1 amide bonds. The first-order chi connectivity index (χ1) is 10.2. The van der Waals surface area contributed by atoms with Crippen LogP contribution in [-0.4, -0.2) is 16.1 Å². The van der Waals surface area contributed by atoms with Crippen LogP contribution >= 0.6 is 0 Å². The van der Waals surface area contributed by atoms with E-state index in [0.717, 1.165) is 11.3 Å². The minimum absolute atomic E-state index is 0.357. The number of aromatic nitrogens is 2. The lowest BCUT2D eigenvalue weighted by atomic mass is 10.1. The lowest BCUT2D eigenvalue weighted by molar-refractivity contribution is 0.0998. The average molecular weight is 279 g/mol. The maximum Gasteiger partial charge on any atom is 0.252 e. The highest BCUT2D eigenvalue weighted by molar-refractivity contribution is 5.95. The molecule has 0 radical (unpaired) electrons. The largest absolute Gasteiger partial charge is 0.457 e. The third-order valence-electron chi connectivity index (χ3n) is 3.05. The van der Waals surface area contributed by atoms with Crippen molar-refractivity contribution in [2.24, 2.45) is 5.73 Å². The van der Waals surface area contributed by atoms with Crippen LogP contribution in [0.3, 0.4) is 0 Å². The van der Waals surface area contributed by atoms with Crippen LogP contribution in [0.4, 0.5) is 0 Å². The SMILES string of the molecule is NC(=O)c1ccccc1Oc1ccc(-c2ccn[nH]2)cc1. The van der Waals surface area contributed by atoms with Gasteiger partial charge in [0.15, 0.2) is 0 Å². The molecule has 104 valence electrons. The molecule has 0 aliphatic heterocycles. The average Bonchev–Trinajstić information content (AvgIpc) is 3.03. The van der Waals surface area contributed by atoms with E-state index in [4.69, 9.17) is 10.5 Å². The van der Waals surface area contributed by atoms with Crippen LogP contribution in [0.25, 0.3) is 11.3 Å². The van der Waals surface area contributed by atoms with Crippen molar-refractivity contribution in [2.45, 2.75) is 0 Å². The molecular formula is C16H13N3O2. The molecule has 1 heterocycles. The highest BCUT2D eigenvalue weighted by Gasteiger charge is 2.09. The Hall–Kier alpha value is -3.08. The number of nitrogens with two attached hydrogens (primary N) is 1. The van der Waals surface area contributed by atoms with Crippen molar-refractivity contribution in [2.75, 3.05) is 0 Å². The molecule has 21 heavy (non-hydrogen) atoms. The summed E-state index contributed by atoms with van der Waals surface area (Å²) in [7, 11) is 0. The van der Waals surface area contributed by atoms with E-state index in [1.807, 2.05) is 30.3 Å². The predicted octanol–water partition coefficient (Wildman–Crippen LogP) is 2.97. The van der Waals surface area contributed by atoms with Gasteiger partial charge in [0.05, 0.1) is 11.3 Å². The van der Waals surface area contributed by atoms with Crippen molar-refractivity contribution in [1.82, 2.24) is 10.2 Å². The number of rotatable bonds is 4. The Balaban J connectivity index is 1.84. The van der Waals surface area contributed by atoms with E-state index in [9.17, 15) is 4.79 Å². The van der Waals surface area contributed by atoms with Crippen molar-refractivity contribution in [3.63, 3.8) is 0 Å². The lowest BCUT2D eigenvalue weighted by Gasteiger charge is -2.09. The number of aromatic amines is 1. The van der Waals surface area contributed by atoms with Gasteiger partial charge in [-0.2, -0.15) is 5.10 Å². The minimum Gasteiger partial charge on any atom is -0.457 e. The van der Waals surface area contributed by atoms with Gasteiger partial charge >= 0.3 is 0 Å². The minimum atomic E-state index is -0.514. The summed E-state index contributed by atoms with van der Waals surface area (Å²) in [6.45, 7) is 0. The van der Waals surface area contributed by atoms with E-state index in [1.165, 1.54) is 0 Å². The van der Waals surface area contributed by atoms with E-state index in [0.29, 0.717) is 17.1 Å². The third kappa shape index (κ3) is 2.76. The van der Waals surface area contributed by atoms with E-state index < -0.39 is 5.91 Å². The van der Waals surface area contributed by atoms with Crippen molar-refractivity contribution in [3.8, 4) is 22.8 Å². The first kappa shape index (κ1) is 12.9. The normalized spacial score (nSPS) is 10.3. The van der Waals surface area contributed by atoms with Crippen molar-refractivity contribution < 1.29 is 9.53 Å². The molecule has 0 atom stereocenters. The van der Waals surface area contributed by atoms with E-state index in [2.05, 4.69) is 10.2 Å². The molecule has 0 fully saturated rings. The number of para-hydroxylation sites is 1. The van der Waals surface area contributed by atoms with Crippen LogP contribution in [0.15, 0.2) is 60.8 Å². The number of amides is 1. The van der Waals surface area contributed by atoms with Gasteiger partial charge in [-0.25, -0.2) is 0 Å². The molecule has 0 aliphatic rings. The maximum atomic E-state index is 11.4. The Labute approximate surface area is 121 Å². The van der Waals surface area contributed by atoms with E-state index in [1.54, 1.807) is 30.5 Å². The van der Waals surface area contributed by atoms with Crippen LogP contribution < -0.4 is 10.5 Å². The van der Waals surface area contributed by atoms with Gasteiger partial charge in [-0.3, -0.25) is 9.89 Å². The quantitative estimate of drug-likeness (QED) is 0.770. The summed E-state index contributed by atoms with van der Waals surface area (Å²) >= 11 is 0. The summed E-state index contributed by atoms with van der Waals surface area (Å²) in [5.41, 5.74) is 7.62. The number of carbonyl (C=O) groups excluding carboxylic acids is 1. The Morgan fingerprint density at radius 2 is 1.81 bits per heavy atom. The fraction of sp³-hybridized carbons (Fsp3) is 0.